The minimum absolute atomic E-state index is 0.0144. The highest BCUT2D eigenvalue weighted by Gasteiger charge is 2.40. The van der Waals surface area contributed by atoms with Crippen LogP contribution in [0.1, 0.15) is 35.5 Å². The first-order valence-electron chi connectivity index (χ1n) is 10.3. The Bertz CT molecular complexity index is 956. The zero-order chi connectivity index (χ0) is 20.9. The van der Waals surface area contributed by atoms with Gasteiger partial charge in [0.2, 0.25) is 0 Å². The maximum absolute atomic E-state index is 5.77. The number of rotatable bonds is 8. The fraction of sp³-hybridized carbons (Fsp3) is 0.348. The number of hydrogen-bond acceptors (Lipinski definition) is 4. The highest BCUT2D eigenvalue weighted by Crippen LogP contribution is 2.38. The van der Waals surface area contributed by atoms with Gasteiger partial charge < -0.3 is 19.7 Å². The Balaban J connectivity index is 1.66. The molecule has 3 aromatic heterocycles. The average molecular weight is 421 g/mol. The lowest BCUT2D eigenvalue weighted by Crippen LogP contribution is -2.33. The molecule has 0 radical (unpaired) electrons. The van der Waals surface area contributed by atoms with Gasteiger partial charge in [-0.05, 0) is 75.2 Å². The summed E-state index contributed by atoms with van der Waals surface area (Å²) in [6.07, 6.45) is 8.76. The van der Waals surface area contributed by atoms with E-state index in [0.717, 1.165) is 36.9 Å². The molecular formula is C23H28N6S. The summed E-state index contributed by atoms with van der Waals surface area (Å²) in [5.74, 6) is 0. The maximum Gasteiger partial charge on any atom is 0.170 e. The third kappa shape index (κ3) is 4.52. The molecule has 0 spiro atoms. The van der Waals surface area contributed by atoms with Gasteiger partial charge in [-0.3, -0.25) is 9.97 Å². The second kappa shape index (κ2) is 9.36. The Morgan fingerprint density at radius 1 is 1.10 bits per heavy atom. The monoisotopic (exact) mass is 420 g/mol. The molecular weight excluding hydrogens is 392 g/mol. The minimum atomic E-state index is 0.0144. The fourth-order valence-electron chi connectivity index (χ4n) is 4.05. The molecule has 1 aliphatic heterocycles. The molecule has 0 amide bonds. The number of nitrogens with one attached hydrogen (secondary N) is 1. The number of thiocarbonyl (C=S) groups is 1. The van der Waals surface area contributed by atoms with E-state index in [1.165, 1.54) is 11.3 Å². The number of nitrogens with zero attached hydrogens (tertiary/aromatic N) is 5. The van der Waals surface area contributed by atoms with Crippen molar-refractivity contribution in [1.29, 1.82) is 0 Å². The second-order valence-electron chi connectivity index (χ2n) is 7.90. The van der Waals surface area contributed by atoms with Crippen molar-refractivity contribution >= 4 is 17.3 Å². The minimum Gasteiger partial charge on any atom is -0.352 e. The van der Waals surface area contributed by atoms with E-state index in [1.807, 2.05) is 36.8 Å². The first-order chi connectivity index (χ1) is 14.6. The summed E-state index contributed by atoms with van der Waals surface area (Å²) in [5.41, 5.74) is 3.41. The lowest BCUT2D eigenvalue weighted by Gasteiger charge is -2.29. The summed E-state index contributed by atoms with van der Waals surface area (Å²) < 4.78 is 2.30. The third-order valence-corrected chi connectivity index (χ3v) is 5.80. The van der Waals surface area contributed by atoms with Crippen LogP contribution in [0.3, 0.4) is 0 Å². The third-order valence-electron chi connectivity index (χ3n) is 5.45. The molecule has 1 saturated heterocycles. The van der Waals surface area contributed by atoms with Crippen LogP contribution in [0, 0.1) is 0 Å². The van der Waals surface area contributed by atoms with Gasteiger partial charge in [0.05, 0.1) is 17.8 Å². The van der Waals surface area contributed by atoms with Crippen molar-refractivity contribution < 1.29 is 0 Å². The maximum atomic E-state index is 5.77. The molecule has 0 saturated carbocycles. The van der Waals surface area contributed by atoms with Crippen molar-refractivity contribution in [2.45, 2.75) is 25.0 Å². The normalized spacial score (nSPS) is 18.8. The van der Waals surface area contributed by atoms with E-state index in [9.17, 15) is 0 Å². The van der Waals surface area contributed by atoms with E-state index in [0.29, 0.717) is 0 Å². The Morgan fingerprint density at radius 3 is 2.73 bits per heavy atom. The zero-order valence-corrected chi connectivity index (χ0v) is 18.3. The second-order valence-corrected chi connectivity index (χ2v) is 8.29. The van der Waals surface area contributed by atoms with Gasteiger partial charge in [-0.1, -0.05) is 12.1 Å². The van der Waals surface area contributed by atoms with Crippen LogP contribution >= 0.6 is 12.2 Å². The van der Waals surface area contributed by atoms with Crippen LogP contribution in [0.4, 0.5) is 0 Å². The van der Waals surface area contributed by atoms with Gasteiger partial charge in [0.1, 0.15) is 0 Å². The van der Waals surface area contributed by atoms with E-state index in [4.69, 9.17) is 12.2 Å². The molecule has 6 nitrogen and oxygen atoms in total. The average Bonchev–Trinajstić information content (AvgIpc) is 3.33. The lowest BCUT2D eigenvalue weighted by molar-refractivity contribution is 0.283. The largest absolute Gasteiger partial charge is 0.352 e. The Kier molecular flexibility index (Phi) is 6.40. The molecule has 0 aromatic carbocycles. The van der Waals surface area contributed by atoms with Crippen molar-refractivity contribution in [3.05, 3.63) is 84.2 Å². The van der Waals surface area contributed by atoms with Crippen molar-refractivity contribution in [2.75, 3.05) is 27.2 Å². The lowest BCUT2D eigenvalue weighted by atomic mass is 10.0. The first kappa shape index (κ1) is 20.5. The molecule has 1 N–H and O–H groups in total. The highest BCUT2D eigenvalue weighted by molar-refractivity contribution is 7.80. The standard InChI is InChI=1S/C23H28N6S/c1-27(2)13-7-15-29-22(21(26-23(29)30)19-9-3-4-12-25-19)20-10-6-14-28(20)17-18-8-5-11-24-16-18/h3-6,8-12,14,16,21-22H,7,13,15,17H2,1-2H3,(H,26,30)/t21-,22+/m1/s1. The van der Waals surface area contributed by atoms with E-state index < -0.39 is 0 Å². The number of pyridine rings is 2. The quantitative estimate of drug-likeness (QED) is 0.565. The smallest absolute Gasteiger partial charge is 0.170 e. The van der Waals surface area contributed by atoms with E-state index in [-0.39, 0.29) is 12.1 Å². The van der Waals surface area contributed by atoms with Crippen LogP contribution in [-0.2, 0) is 6.54 Å². The first-order valence-corrected chi connectivity index (χ1v) is 10.7. The van der Waals surface area contributed by atoms with E-state index >= 15 is 0 Å². The van der Waals surface area contributed by atoms with Gasteiger partial charge in [-0.15, -0.1) is 0 Å². The van der Waals surface area contributed by atoms with Crippen molar-refractivity contribution in [1.82, 2.24) is 29.7 Å². The molecule has 156 valence electrons. The SMILES string of the molecule is CN(C)CCCN1C(=S)N[C@H](c2ccccn2)[C@@H]1c1cccn1Cc1cccnc1. The molecule has 7 heteroatoms. The molecule has 2 atom stereocenters. The van der Waals surface area contributed by atoms with Crippen molar-refractivity contribution in [3.8, 4) is 0 Å². The molecule has 30 heavy (non-hydrogen) atoms. The molecule has 0 unspecified atom stereocenters. The molecule has 4 rings (SSSR count). The molecule has 4 heterocycles. The fourth-order valence-corrected chi connectivity index (χ4v) is 4.39. The Hall–Kier alpha value is -2.77. The van der Waals surface area contributed by atoms with Gasteiger partial charge in [0.15, 0.2) is 5.11 Å². The Morgan fingerprint density at radius 2 is 2.00 bits per heavy atom. The van der Waals surface area contributed by atoms with Gasteiger partial charge in [0.25, 0.3) is 0 Å². The van der Waals surface area contributed by atoms with Crippen LogP contribution in [-0.4, -0.2) is 56.6 Å². The topological polar surface area (TPSA) is 49.2 Å². The van der Waals surface area contributed by atoms with E-state index in [2.05, 4.69) is 74.2 Å². The van der Waals surface area contributed by atoms with Gasteiger partial charge in [0, 0.05) is 43.6 Å². The van der Waals surface area contributed by atoms with Crippen LogP contribution in [0.5, 0.6) is 0 Å². The summed E-state index contributed by atoms with van der Waals surface area (Å²) in [5, 5.41) is 4.34. The number of hydrogen-bond donors (Lipinski definition) is 1. The molecule has 1 aliphatic rings. The van der Waals surface area contributed by atoms with Crippen LogP contribution < -0.4 is 5.32 Å². The summed E-state index contributed by atoms with van der Waals surface area (Å²) >= 11 is 5.77. The summed E-state index contributed by atoms with van der Waals surface area (Å²) in [6.45, 7) is 2.70. The predicted molar refractivity (Wildman–Crippen MR) is 123 cm³/mol. The van der Waals surface area contributed by atoms with E-state index in [1.54, 1.807) is 0 Å². The van der Waals surface area contributed by atoms with Crippen molar-refractivity contribution in [2.24, 2.45) is 0 Å². The molecule has 0 bridgehead atoms. The molecule has 1 fully saturated rings. The molecule has 0 aliphatic carbocycles. The number of aromatic nitrogens is 3. The Labute approximate surface area is 183 Å². The summed E-state index contributed by atoms with van der Waals surface area (Å²) in [7, 11) is 4.21. The highest BCUT2D eigenvalue weighted by atomic mass is 32.1. The zero-order valence-electron chi connectivity index (χ0n) is 17.5. The van der Waals surface area contributed by atoms with Gasteiger partial charge >= 0.3 is 0 Å². The predicted octanol–water partition coefficient (Wildman–Crippen LogP) is 3.25. The van der Waals surface area contributed by atoms with Crippen LogP contribution in [0.2, 0.25) is 0 Å². The van der Waals surface area contributed by atoms with Crippen LogP contribution in [0.15, 0.2) is 67.3 Å². The summed E-state index contributed by atoms with van der Waals surface area (Å²) in [4.78, 5) is 13.4. The summed E-state index contributed by atoms with van der Waals surface area (Å²) in [6, 6.07) is 14.6. The van der Waals surface area contributed by atoms with Crippen molar-refractivity contribution in [3.63, 3.8) is 0 Å². The van der Waals surface area contributed by atoms with Gasteiger partial charge in [-0.25, -0.2) is 0 Å². The van der Waals surface area contributed by atoms with Gasteiger partial charge in [-0.2, -0.15) is 0 Å². The molecule has 3 aromatic rings. The van der Waals surface area contributed by atoms with Crippen LogP contribution in [0.25, 0.3) is 0 Å².